The van der Waals surface area contributed by atoms with Crippen LogP contribution in [0.4, 0.5) is 0 Å². The first-order chi connectivity index (χ1) is 10.3. The minimum atomic E-state index is -0.0187. The molecule has 0 saturated heterocycles. The van der Waals surface area contributed by atoms with Crippen LogP contribution < -0.4 is 19.5 Å². The molecule has 0 fully saturated rings. The molecular weight excluding hydrogens is 270 g/mol. The van der Waals surface area contributed by atoms with Crippen molar-refractivity contribution < 1.29 is 14.2 Å². The van der Waals surface area contributed by atoms with E-state index in [1.54, 1.807) is 27.7 Å². The van der Waals surface area contributed by atoms with Crippen molar-refractivity contribution in [2.24, 2.45) is 0 Å². The summed E-state index contributed by atoms with van der Waals surface area (Å²) >= 11 is 0. The topological polar surface area (TPSA) is 68.4 Å². The second-order valence-electron chi connectivity index (χ2n) is 4.83. The van der Waals surface area contributed by atoms with Crippen LogP contribution in [0, 0.1) is 0 Å². The Labute approximate surface area is 123 Å². The van der Waals surface area contributed by atoms with E-state index >= 15 is 0 Å². The fraction of sp³-hybridized carbons (Fsp3) is 0.400. The van der Waals surface area contributed by atoms with Gasteiger partial charge in [0.05, 0.1) is 39.4 Å². The molecule has 2 aromatic rings. The van der Waals surface area contributed by atoms with Gasteiger partial charge in [0.15, 0.2) is 11.5 Å². The number of fused-ring (bicyclic) bond motifs is 1. The molecule has 3 rings (SSSR count). The minimum Gasteiger partial charge on any atom is -0.493 e. The zero-order chi connectivity index (χ0) is 14.8. The average Bonchev–Trinajstić information content (AvgIpc) is 3.01. The summed E-state index contributed by atoms with van der Waals surface area (Å²) in [5.74, 6) is 1.92. The van der Waals surface area contributed by atoms with Crippen LogP contribution in [-0.4, -0.2) is 37.8 Å². The van der Waals surface area contributed by atoms with Gasteiger partial charge < -0.3 is 24.5 Å². The molecule has 0 bridgehead atoms. The lowest BCUT2D eigenvalue weighted by Crippen LogP contribution is -2.31. The van der Waals surface area contributed by atoms with Crippen molar-refractivity contribution in [1.82, 2.24) is 15.3 Å². The Kier molecular flexibility index (Phi) is 3.70. The molecule has 2 heterocycles. The Bertz CT molecular complexity index is 639. The smallest absolute Gasteiger partial charge is 0.203 e. The summed E-state index contributed by atoms with van der Waals surface area (Å²) in [7, 11) is 4.86. The van der Waals surface area contributed by atoms with E-state index in [1.807, 2.05) is 12.1 Å². The average molecular weight is 289 g/mol. The van der Waals surface area contributed by atoms with E-state index in [9.17, 15) is 0 Å². The molecule has 2 N–H and O–H groups in total. The molecule has 1 aromatic heterocycles. The Balaban J connectivity index is 2.12. The van der Waals surface area contributed by atoms with Gasteiger partial charge in [-0.1, -0.05) is 0 Å². The van der Waals surface area contributed by atoms with Crippen molar-refractivity contribution in [3.63, 3.8) is 0 Å². The highest BCUT2D eigenvalue weighted by Gasteiger charge is 2.28. The molecule has 6 nitrogen and oxygen atoms in total. The molecule has 0 aliphatic carbocycles. The third-order valence-electron chi connectivity index (χ3n) is 3.79. The monoisotopic (exact) mass is 289 g/mol. The van der Waals surface area contributed by atoms with Gasteiger partial charge >= 0.3 is 0 Å². The van der Waals surface area contributed by atoms with Gasteiger partial charge in [-0.2, -0.15) is 0 Å². The molecule has 1 aliphatic rings. The number of H-pyrrole nitrogens is 1. The highest BCUT2D eigenvalue weighted by molar-refractivity contribution is 5.58. The largest absolute Gasteiger partial charge is 0.493 e. The van der Waals surface area contributed by atoms with Crippen LogP contribution in [0.3, 0.4) is 0 Å². The molecule has 112 valence electrons. The van der Waals surface area contributed by atoms with Crippen LogP contribution >= 0.6 is 0 Å². The first-order valence-corrected chi connectivity index (χ1v) is 6.84. The van der Waals surface area contributed by atoms with Crippen molar-refractivity contribution in [1.29, 1.82) is 0 Å². The number of nitrogens with zero attached hydrogens (tertiary/aromatic N) is 1. The van der Waals surface area contributed by atoms with Gasteiger partial charge in [-0.25, -0.2) is 4.98 Å². The SMILES string of the molecule is COc1ccc([C@@H]2NCCc3[nH]cnc32)c(OC)c1OC. The van der Waals surface area contributed by atoms with Gasteiger partial charge in [0.25, 0.3) is 0 Å². The summed E-state index contributed by atoms with van der Waals surface area (Å²) in [6.45, 7) is 0.886. The number of rotatable bonds is 4. The number of aromatic amines is 1. The highest BCUT2D eigenvalue weighted by Crippen LogP contribution is 2.43. The van der Waals surface area contributed by atoms with E-state index in [0.717, 1.165) is 29.9 Å². The summed E-state index contributed by atoms with van der Waals surface area (Å²) < 4.78 is 16.4. The van der Waals surface area contributed by atoms with E-state index in [4.69, 9.17) is 14.2 Å². The van der Waals surface area contributed by atoms with Crippen LogP contribution in [0.1, 0.15) is 23.0 Å². The lowest BCUT2D eigenvalue weighted by atomic mass is 9.96. The van der Waals surface area contributed by atoms with Gasteiger partial charge in [-0.05, 0) is 12.1 Å². The van der Waals surface area contributed by atoms with E-state index < -0.39 is 0 Å². The van der Waals surface area contributed by atoms with Crippen LogP contribution in [0.5, 0.6) is 17.2 Å². The first kappa shape index (κ1) is 13.8. The number of aromatic nitrogens is 2. The zero-order valence-corrected chi connectivity index (χ0v) is 12.4. The summed E-state index contributed by atoms with van der Waals surface area (Å²) in [6.07, 6.45) is 2.68. The maximum atomic E-state index is 5.57. The molecule has 0 amide bonds. The Hall–Kier alpha value is -2.21. The second-order valence-corrected chi connectivity index (χ2v) is 4.83. The Morgan fingerprint density at radius 2 is 1.90 bits per heavy atom. The summed E-state index contributed by atoms with van der Waals surface area (Å²) in [5, 5.41) is 3.48. The van der Waals surface area contributed by atoms with Crippen LogP contribution in [0.15, 0.2) is 18.5 Å². The van der Waals surface area contributed by atoms with Crippen molar-refractivity contribution >= 4 is 0 Å². The normalized spacial score (nSPS) is 17.2. The van der Waals surface area contributed by atoms with E-state index in [2.05, 4.69) is 15.3 Å². The molecule has 0 spiro atoms. The number of hydrogen-bond acceptors (Lipinski definition) is 5. The molecule has 0 radical (unpaired) electrons. The molecular formula is C15H19N3O3. The Morgan fingerprint density at radius 3 is 2.62 bits per heavy atom. The van der Waals surface area contributed by atoms with Gasteiger partial charge in [0.1, 0.15) is 0 Å². The third kappa shape index (κ3) is 2.21. The van der Waals surface area contributed by atoms with Crippen molar-refractivity contribution in [3.05, 3.63) is 35.4 Å². The summed E-state index contributed by atoms with van der Waals surface area (Å²) in [4.78, 5) is 7.64. The van der Waals surface area contributed by atoms with Crippen LogP contribution in [0.25, 0.3) is 0 Å². The number of benzene rings is 1. The van der Waals surface area contributed by atoms with E-state index in [1.165, 1.54) is 0 Å². The van der Waals surface area contributed by atoms with Crippen molar-refractivity contribution in [3.8, 4) is 17.2 Å². The molecule has 0 saturated carbocycles. The molecule has 0 unspecified atom stereocenters. The maximum Gasteiger partial charge on any atom is 0.203 e. The predicted molar refractivity (Wildman–Crippen MR) is 78.2 cm³/mol. The number of ether oxygens (including phenoxy) is 3. The minimum absolute atomic E-state index is 0.0187. The molecule has 1 atom stereocenters. The highest BCUT2D eigenvalue weighted by atomic mass is 16.5. The predicted octanol–water partition coefficient (Wildman–Crippen LogP) is 1.67. The number of nitrogens with one attached hydrogen (secondary N) is 2. The number of methoxy groups -OCH3 is 3. The molecule has 21 heavy (non-hydrogen) atoms. The quantitative estimate of drug-likeness (QED) is 0.896. The van der Waals surface area contributed by atoms with Gasteiger partial charge in [-0.15, -0.1) is 0 Å². The fourth-order valence-electron chi connectivity index (χ4n) is 2.83. The molecule has 1 aromatic carbocycles. The maximum absolute atomic E-state index is 5.57. The number of hydrogen-bond donors (Lipinski definition) is 2. The lowest BCUT2D eigenvalue weighted by Gasteiger charge is -2.26. The van der Waals surface area contributed by atoms with Crippen LogP contribution in [0.2, 0.25) is 0 Å². The Morgan fingerprint density at radius 1 is 1.10 bits per heavy atom. The third-order valence-corrected chi connectivity index (χ3v) is 3.79. The van der Waals surface area contributed by atoms with E-state index in [-0.39, 0.29) is 6.04 Å². The van der Waals surface area contributed by atoms with Gasteiger partial charge in [0, 0.05) is 24.2 Å². The summed E-state index contributed by atoms with van der Waals surface area (Å²) in [5.41, 5.74) is 3.16. The first-order valence-electron chi connectivity index (χ1n) is 6.84. The zero-order valence-electron chi connectivity index (χ0n) is 12.4. The van der Waals surface area contributed by atoms with Crippen LogP contribution in [-0.2, 0) is 6.42 Å². The van der Waals surface area contributed by atoms with Gasteiger partial charge in [-0.3, -0.25) is 0 Å². The van der Waals surface area contributed by atoms with Crippen molar-refractivity contribution in [2.75, 3.05) is 27.9 Å². The standard InChI is InChI=1S/C15H19N3O3/c1-19-11-5-4-9(14(20-2)15(11)21-3)12-13-10(6-7-16-12)17-8-18-13/h4-5,8,12,16H,6-7H2,1-3H3,(H,17,18)/t12-/m0/s1. The van der Waals surface area contributed by atoms with E-state index in [0.29, 0.717) is 17.2 Å². The fourth-order valence-corrected chi connectivity index (χ4v) is 2.83. The van der Waals surface area contributed by atoms with Crippen molar-refractivity contribution in [2.45, 2.75) is 12.5 Å². The summed E-state index contributed by atoms with van der Waals surface area (Å²) in [6, 6.07) is 3.86. The lowest BCUT2D eigenvalue weighted by molar-refractivity contribution is 0.320. The molecule has 1 aliphatic heterocycles. The second kappa shape index (κ2) is 5.65. The number of imidazole rings is 1. The molecule has 6 heteroatoms. The van der Waals surface area contributed by atoms with Gasteiger partial charge in [0.2, 0.25) is 5.75 Å².